The molecule has 0 aliphatic rings. The average molecular weight is 563 g/mol. The van der Waals surface area contributed by atoms with Crippen molar-refractivity contribution >= 4 is 62.3 Å². The number of rotatable bonds is 12. The number of sulfonamides is 1. The summed E-state index contributed by atoms with van der Waals surface area (Å²) in [5.74, 6) is -0.549. The molecule has 0 spiro atoms. The van der Waals surface area contributed by atoms with Gasteiger partial charge in [0.05, 0.1) is 22.0 Å². The molecule has 0 aliphatic heterocycles. The van der Waals surface area contributed by atoms with Gasteiger partial charge < -0.3 is 10.2 Å². The van der Waals surface area contributed by atoms with Crippen molar-refractivity contribution in [2.75, 3.05) is 23.7 Å². The van der Waals surface area contributed by atoms with Crippen LogP contribution < -0.4 is 9.62 Å². The highest BCUT2D eigenvalue weighted by Gasteiger charge is 2.26. The Labute approximate surface area is 222 Å². The quantitative estimate of drug-likeness (QED) is 0.388. The molecule has 0 heterocycles. The van der Waals surface area contributed by atoms with Gasteiger partial charge in [-0.25, -0.2) is 8.42 Å². The second-order valence-electron chi connectivity index (χ2n) is 8.16. The maximum atomic E-state index is 13.2. The van der Waals surface area contributed by atoms with Crippen LogP contribution in [0.4, 0.5) is 5.69 Å². The molecule has 2 amide bonds. The fraction of sp³-hybridized carbons (Fsp3) is 0.417. The molecular weight excluding hydrogens is 533 g/mol. The number of carbonyl (C=O) groups is 2. The van der Waals surface area contributed by atoms with E-state index in [1.165, 1.54) is 9.21 Å². The zero-order valence-corrected chi connectivity index (χ0v) is 23.0. The van der Waals surface area contributed by atoms with Crippen molar-refractivity contribution in [2.24, 2.45) is 0 Å². The second-order valence-corrected chi connectivity index (χ2v) is 11.3. The SMILES string of the molecule is CCCNC(=O)[C@H](C)N(Cc1ccc(Cl)c(Cl)c1)C(=O)CCCN(c1cccc(Cl)c1)S(C)(=O)=O. The third-order valence-electron chi connectivity index (χ3n) is 5.30. The standard InChI is InChI=1S/C24H30Cl3N3O4S/c1-4-12-28-24(32)17(2)29(16-18-10-11-21(26)22(27)14-18)23(31)9-6-13-30(35(3,33)34)20-8-5-7-19(25)15-20/h5,7-8,10-11,14-15,17H,4,6,9,12-13,16H2,1-3H3,(H,28,32)/t17-/m0/s1. The third-order valence-corrected chi connectivity index (χ3v) is 7.47. The van der Waals surface area contributed by atoms with Gasteiger partial charge in [0.25, 0.3) is 0 Å². The van der Waals surface area contributed by atoms with Gasteiger partial charge in [-0.3, -0.25) is 13.9 Å². The van der Waals surface area contributed by atoms with Crippen LogP contribution in [0.2, 0.25) is 15.1 Å². The Balaban J connectivity index is 2.18. The maximum Gasteiger partial charge on any atom is 0.242 e. The van der Waals surface area contributed by atoms with Gasteiger partial charge in [0.15, 0.2) is 0 Å². The highest BCUT2D eigenvalue weighted by Crippen LogP contribution is 2.25. The summed E-state index contributed by atoms with van der Waals surface area (Å²) in [6.45, 7) is 4.34. The van der Waals surface area contributed by atoms with Crippen molar-refractivity contribution < 1.29 is 18.0 Å². The first-order valence-electron chi connectivity index (χ1n) is 11.2. The number of hydrogen-bond donors (Lipinski definition) is 1. The predicted molar refractivity (Wildman–Crippen MR) is 143 cm³/mol. The Kier molecular flexibility index (Phi) is 11.1. The number of carbonyl (C=O) groups excluding carboxylic acids is 2. The zero-order valence-electron chi connectivity index (χ0n) is 19.9. The van der Waals surface area contributed by atoms with Gasteiger partial charge in [0.2, 0.25) is 21.8 Å². The molecule has 1 N–H and O–H groups in total. The molecule has 2 aromatic carbocycles. The van der Waals surface area contributed by atoms with Crippen LogP contribution in [0.25, 0.3) is 0 Å². The molecule has 0 aliphatic carbocycles. The molecule has 0 saturated heterocycles. The lowest BCUT2D eigenvalue weighted by molar-refractivity contribution is -0.140. The fourth-order valence-electron chi connectivity index (χ4n) is 3.45. The molecule has 2 rings (SSSR count). The lowest BCUT2D eigenvalue weighted by atomic mass is 10.1. The minimum Gasteiger partial charge on any atom is -0.354 e. The van der Waals surface area contributed by atoms with Crippen molar-refractivity contribution in [3.63, 3.8) is 0 Å². The van der Waals surface area contributed by atoms with Crippen molar-refractivity contribution in [2.45, 2.75) is 45.7 Å². The summed E-state index contributed by atoms with van der Waals surface area (Å²) in [6, 6.07) is 10.8. The third kappa shape index (κ3) is 8.86. The largest absolute Gasteiger partial charge is 0.354 e. The maximum absolute atomic E-state index is 13.2. The number of nitrogens with zero attached hydrogens (tertiary/aromatic N) is 2. The van der Waals surface area contributed by atoms with Gasteiger partial charge in [0.1, 0.15) is 6.04 Å². The van der Waals surface area contributed by atoms with Crippen molar-refractivity contribution in [3.05, 3.63) is 63.1 Å². The molecule has 0 radical (unpaired) electrons. The Morgan fingerprint density at radius 2 is 1.77 bits per heavy atom. The van der Waals surface area contributed by atoms with Gasteiger partial charge in [0, 0.05) is 31.1 Å². The monoisotopic (exact) mass is 561 g/mol. The lowest BCUT2D eigenvalue weighted by Crippen LogP contribution is -2.47. The summed E-state index contributed by atoms with van der Waals surface area (Å²) in [4.78, 5) is 27.3. The Morgan fingerprint density at radius 3 is 2.37 bits per heavy atom. The van der Waals surface area contributed by atoms with Crippen LogP contribution in [0.15, 0.2) is 42.5 Å². The molecule has 0 saturated carbocycles. The van der Waals surface area contributed by atoms with Crippen LogP contribution in [0, 0.1) is 0 Å². The number of hydrogen-bond acceptors (Lipinski definition) is 4. The number of benzene rings is 2. The molecule has 0 unspecified atom stereocenters. The first kappa shape index (κ1) is 29.2. The fourth-order valence-corrected chi connectivity index (χ4v) is 4.91. The minimum atomic E-state index is -3.59. The topological polar surface area (TPSA) is 86.8 Å². The molecule has 192 valence electrons. The van der Waals surface area contributed by atoms with Crippen molar-refractivity contribution in [1.82, 2.24) is 10.2 Å². The van der Waals surface area contributed by atoms with Crippen LogP contribution in [0.5, 0.6) is 0 Å². The summed E-state index contributed by atoms with van der Waals surface area (Å²) in [7, 11) is -3.59. The van der Waals surface area contributed by atoms with Crippen LogP contribution in [-0.4, -0.2) is 50.5 Å². The molecule has 0 aromatic heterocycles. The average Bonchev–Trinajstić information content (AvgIpc) is 2.79. The number of nitrogens with one attached hydrogen (secondary N) is 1. The zero-order chi connectivity index (χ0) is 26.2. The molecular formula is C24H30Cl3N3O4S. The van der Waals surface area contributed by atoms with E-state index in [1.54, 1.807) is 49.4 Å². The number of halogens is 3. The van der Waals surface area contributed by atoms with Crippen LogP contribution in [0.1, 0.15) is 38.7 Å². The highest BCUT2D eigenvalue weighted by molar-refractivity contribution is 7.92. The summed E-state index contributed by atoms with van der Waals surface area (Å²) in [5, 5.41) is 3.97. The Hall–Kier alpha value is -2.00. The van der Waals surface area contributed by atoms with E-state index >= 15 is 0 Å². The summed E-state index contributed by atoms with van der Waals surface area (Å²) in [6.07, 6.45) is 2.16. The van der Waals surface area contributed by atoms with E-state index in [0.29, 0.717) is 27.3 Å². The smallest absolute Gasteiger partial charge is 0.242 e. The van der Waals surface area contributed by atoms with E-state index in [4.69, 9.17) is 34.8 Å². The van der Waals surface area contributed by atoms with E-state index < -0.39 is 16.1 Å². The van der Waals surface area contributed by atoms with Crippen LogP contribution in [0.3, 0.4) is 0 Å². The molecule has 0 fully saturated rings. The molecule has 11 heteroatoms. The van der Waals surface area contributed by atoms with E-state index in [0.717, 1.165) is 18.2 Å². The van der Waals surface area contributed by atoms with E-state index in [-0.39, 0.29) is 37.7 Å². The first-order chi connectivity index (χ1) is 16.4. The van der Waals surface area contributed by atoms with Gasteiger partial charge in [-0.2, -0.15) is 0 Å². The van der Waals surface area contributed by atoms with E-state index in [9.17, 15) is 18.0 Å². The lowest BCUT2D eigenvalue weighted by Gasteiger charge is -2.29. The second kappa shape index (κ2) is 13.3. The highest BCUT2D eigenvalue weighted by atomic mass is 35.5. The van der Waals surface area contributed by atoms with Crippen LogP contribution in [-0.2, 0) is 26.2 Å². The van der Waals surface area contributed by atoms with Crippen molar-refractivity contribution in [3.8, 4) is 0 Å². The van der Waals surface area contributed by atoms with Crippen molar-refractivity contribution in [1.29, 1.82) is 0 Å². The molecule has 1 atom stereocenters. The molecule has 7 nitrogen and oxygen atoms in total. The van der Waals surface area contributed by atoms with Gasteiger partial charge in [-0.05, 0) is 55.7 Å². The summed E-state index contributed by atoms with van der Waals surface area (Å²) < 4.78 is 25.9. The minimum absolute atomic E-state index is 0.0410. The number of anilines is 1. The van der Waals surface area contributed by atoms with Gasteiger partial charge in [-0.15, -0.1) is 0 Å². The first-order valence-corrected chi connectivity index (χ1v) is 14.2. The van der Waals surface area contributed by atoms with E-state index in [2.05, 4.69) is 5.32 Å². The normalized spacial score (nSPS) is 12.2. The Morgan fingerprint density at radius 1 is 1.06 bits per heavy atom. The molecule has 0 bridgehead atoms. The van der Waals surface area contributed by atoms with Gasteiger partial charge in [-0.1, -0.05) is 53.9 Å². The molecule has 2 aromatic rings. The molecule has 35 heavy (non-hydrogen) atoms. The summed E-state index contributed by atoms with van der Waals surface area (Å²) in [5.41, 5.74) is 1.15. The Bertz CT molecular complexity index is 1140. The predicted octanol–water partition coefficient (Wildman–Crippen LogP) is 5.14. The number of amides is 2. The summed E-state index contributed by atoms with van der Waals surface area (Å²) >= 11 is 18.2. The van der Waals surface area contributed by atoms with Crippen LogP contribution >= 0.6 is 34.8 Å². The van der Waals surface area contributed by atoms with Gasteiger partial charge >= 0.3 is 0 Å². The van der Waals surface area contributed by atoms with E-state index in [1.807, 2.05) is 6.92 Å².